The summed E-state index contributed by atoms with van der Waals surface area (Å²) in [4.78, 5) is 11.4. The predicted octanol–water partition coefficient (Wildman–Crippen LogP) is 0.836. The first-order valence-corrected chi connectivity index (χ1v) is 4.45. The first-order valence-electron chi connectivity index (χ1n) is 4.04. The minimum Gasteiger partial charge on any atom is -0.370 e. The van der Waals surface area contributed by atoms with Crippen molar-refractivity contribution in [3.8, 4) is 0 Å². The van der Waals surface area contributed by atoms with Gasteiger partial charge in [0.1, 0.15) is 0 Å². The van der Waals surface area contributed by atoms with Gasteiger partial charge in [-0.2, -0.15) is 0 Å². The van der Waals surface area contributed by atoms with Crippen LogP contribution < -0.4 is 10.6 Å². The van der Waals surface area contributed by atoms with Gasteiger partial charge in [0.2, 0.25) is 0 Å². The van der Waals surface area contributed by atoms with Crippen LogP contribution in [0.25, 0.3) is 0 Å². The first kappa shape index (κ1) is 11.4. The number of carbonyl (C=O) groups excluding carboxylic acids is 1. The average molecular weight is 188 g/mol. The van der Waals surface area contributed by atoms with Crippen molar-refractivity contribution in [3.63, 3.8) is 0 Å². The molecule has 0 spiro atoms. The normalized spacial score (nSPS) is 10.2. The van der Waals surface area contributed by atoms with Crippen molar-refractivity contribution in [1.82, 2.24) is 10.6 Å². The third-order valence-electron chi connectivity index (χ3n) is 1.05. The van der Waals surface area contributed by atoms with Crippen molar-refractivity contribution in [2.45, 2.75) is 39.8 Å². The maximum absolute atomic E-state index is 11.2. The maximum atomic E-state index is 11.2. The van der Waals surface area contributed by atoms with Crippen LogP contribution in [0.1, 0.15) is 27.7 Å². The fourth-order valence-electron chi connectivity index (χ4n) is 0.655. The molecular formula is C8H16N2OS. The molecule has 0 saturated carbocycles. The van der Waals surface area contributed by atoms with Gasteiger partial charge in [0, 0.05) is 12.1 Å². The molecular weight excluding hydrogens is 172 g/mol. The molecule has 0 saturated heterocycles. The summed E-state index contributed by atoms with van der Waals surface area (Å²) >= 11 is 4.85. The van der Waals surface area contributed by atoms with E-state index in [1.807, 2.05) is 27.7 Å². The lowest BCUT2D eigenvalue weighted by Crippen LogP contribution is -2.43. The van der Waals surface area contributed by atoms with Crippen molar-refractivity contribution >= 4 is 23.1 Å². The minimum atomic E-state index is -0.200. The summed E-state index contributed by atoms with van der Waals surface area (Å²) in [5.41, 5.74) is 0. The fraction of sp³-hybridized carbons (Fsp3) is 0.750. The van der Waals surface area contributed by atoms with Gasteiger partial charge in [-0.1, -0.05) is 12.2 Å². The third-order valence-corrected chi connectivity index (χ3v) is 1.35. The molecule has 0 unspecified atom stereocenters. The van der Waals surface area contributed by atoms with Crippen LogP contribution in [0.15, 0.2) is 0 Å². The number of nitrogens with one attached hydrogen (secondary N) is 2. The maximum Gasteiger partial charge on any atom is 0.278 e. The zero-order chi connectivity index (χ0) is 9.72. The highest BCUT2D eigenvalue weighted by Crippen LogP contribution is 1.83. The highest BCUT2D eigenvalue weighted by atomic mass is 32.1. The van der Waals surface area contributed by atoms with Gasteiger partial charge in [-0.25, -0.2) is 0 Å². The second kappa shape index (κ2) is 5.09. The summed E-state index contributed by atoms with van der Waals surface area (Å²) in [5.74, 6) is -0.200. The lowest BCUT2D eigenvalue weighted by molar-refractivity contribution is -0.115. The highest BCUT2D eigenvalue weighted by Gasteiger charge is 2.09. The molecule has 0 aromatic heterocycles. The van der Waals surface area contributed by atoms with Crippen molar-refractivity contribution in [1.29, 1.82) is 0 Å². The van der Waals surface area contributed by atoms with Gasteiger partial charge in [0.15, 0.2) is 4.99 Å². The van der Waals surface area contributed by atoms with E-state index in [-0.39, 0.29) is 23.0 Å². The Morgan fingerprint density at radius 2 is 1.50 bits per heavy atom. The number of hydrogen-bond donors (Lipinski definition) is 2. The number of rotatable bonds is 2. The minimum absolute atomic E-state index is 0.129. The molecule has 0 aliphatic carbocycles. The second-order valence-electron chi connectivity index (χ2n) is 3.26. The molecule has 0 aliphatic rings. The summed E-state index contributed by atoms with van der Waals surface area (Å²) < 4.78 is 0. The van der Waals surface area contributed by atoms with E-state index in [1.165, 1.54) is 0 Å². The molecule has 0 heterocycles. The first-order chi connectivity index (χ1) is 5.43. The van der Waals surface area contributed by atoms with Crippen LogP contribution in [-0.4, -0.2) is 23.0 Å². The smallest absolute Gasteiger partial charge is 0.278 e. The summed E-state index contributed by atoms with van der Waals surface area (Å²) in [6, 6.07) is 0.333. The van der Waals surface area contributed by atoms with E-state index in [1.54, 1.807) is 0 Å². The molecule has 1 amide bonds. The van der Waals surface area contributed by atoms with E-state index in [0.29, 0.717) is 0 Å². The summed E-state index contributed by atoms with van der Waals surface area (Å²) in [6.07, 6.45) is 0. The molecule has 0 rings (SSSR count). The van der Waals surface area contributed by atoms with E-state index in [4.69, 9.17) is 12.2 Å². The van der Waals surface area contributed by atoms with Crippen LogP contribution in [-0.2, 0) is 4.79 Å². The molecule has 0 atom stereocenters. The second-order valence-corrected chi connectivity index (χ2v) is 3.66. The Hall–Kier alpha value is -0.640. The molecule has 12 heavy (non-hydrogen) atoms. The van der Waals surface area contributed by atoms with Crippen LogP contribution in [0.4, 0.5) is 0 Å². The Labute approximate surface area is 78.9 Å². The highest BCUT2D eigenvalue weighted by molar-refractivity contribution is 7.82. The molecule has 0 aromatic carbocycles. The van der Waals surface area contributed by atoms with Crippen molar-refractivity contribution in [2.75, 3.05) is 0 Å². The van der Waals surface area contributed by atoms with Crippen LogP contribution in [0.3, 0.4) is 0 Å². The Kier molecular flexibility index (Phi) is 4.81. The predicted molar refractivity (Wildman–Crippen MR) is 54.1 cm³/mol. The van der Waals surface area contributed by atoms with Gasteiger partial charge in [0.05, 0.1) is 0 Å². The number of hydrogen-bond acceptors (Lipinski definition) is 2. The van der Waals surface area contributed by atoms with E-state index >= 15 is 0 Å². The van der Waals surface area contributed by atoms with Gasteiger partial charge in [-0.3, -0.25) is 4.79 Å². The number of carbonyl (C=O) groups is 1. The summed E-state index contributed by atoms with van der Waals surface area (Å²) in [5, 5.41) is 5.57. The number of thiocarbonyl (C=S) groups is 1. The molecule has 4 heteroatoms. The van der Waals surface area contributed by atoms with Crippen LogP contribution in [0.2, 0.25) is 0 Å². The van der Waals surface area contributed by atoms with E-state index in [2.05, 4.69) is 10.6 Å². The van der Waals surface area contributed by atoms with Gasteiger partial charge in [0.25, 0.3) is 5.91 Å². The Morgan fingerprint density at radius 3 is 1.83 bits per heavy atom. The van der Waals surface area contributed by atoms with Crippen molar-refractivity contribution in [2.24, 2.45) is 0 Å². The standard InChI is InChI=1S/C8H16N2OS/c1-5(2)9-7(11)8(12)10-6(3)4/h5-6H,1-4H3,(H,9,11)(H,10,12). The molecule has 2 N–H and O–H groups in total. The van der Waals surface area contributed by atoms with Gasteiger partial charge < -0.3 is 10.6 Å². The molecule has 0 fully saturated rings. The fourth-order valence-corrected chi connectivity index (χ4v) is 0.950. The Bertz CT molecular complexity index is 158. The quantitative estimate of drug-likeness (QED) is 0.631. The van der Waals surface area contributed by atoms with Crippen molar-refractivity contribution < 1.29 is 4.79 Å². The van der Waals surface area contributed by atoms with E-state index < -0.39 is 0 Å². The molecule has 3 nitrogen and oxygen atoms in total. The van der Waals surface area contributed by atoms with E-state index in [9.17, 15) is 4.79 Å². The molecule has 0 bridgehead atoms. The largest absolute Gasteiger partial charge is 0.370 e. The average Bonchev–Trinajstić information content (AvgIpc) is 1.84. The molecule has 70 valence electrons. The van der Waals surface area contributed by atoms with Crippen LogP contribution >= 0.6 is 12.2 Å². The lowest BCUT2D eigenvalue weighted by atomic mass is 10.3. The Morgan fingerprint density at radius 1 is 1.08 bits per heavy atom. The van der Waals surface area contributed by atoms with Crippen molar-refractivity contribution in [3.05, 3.63) is 0 Å². The monoisotopic (exact) mass is 188 g/mol. The lowest BCUT2D eigenvalue weighted by Gasteiger charge is -2.12. The molecule has 0 aliphatic heterocycles. The molecule has 0 aromatic rings. The summed E-state index contributed by atoms with van der Waals surface area (Å²) in [6.45, 7) is 7.68. The van der Waals surface area contributed by atoms with Crippen LogP contribution in [0, 0.1) is 0 Å². The SMILES string of the molecule is CC(C)NC(=O)C(=S)NC(C)C. The zero-order valence-electron chi connectivity index (χ0n) is 7.97. The third kappa shape index (κ3) is 5.07. The topological polar surface area (TPSA) is 41.1 Å². The van der Waals surface area contributed by atoms with E-state index in [0.717, 1.165) is 0 Å². The van der Waals surface area contributed by atoms with Gasteiger partial charge in [-0.05, 0) is 27.7 Å². The Balaban J connectivity index is 3.86. The molecule has 0 radical (unpaired) electrons. The van der Waals surface area contributed by atoms with Crippen LogP contribution in [0.5, 0.6) is 0 Å². The summed E-state index contributed by atoms with van der Waals surface area (Å²) in [7, 11) is 0. The zero-order valence-corrected chi connectivity index (χ0v) is 8.79. The number of amides is 1. The van der Waals surface area contributed by atoms with Gasteiger partial charge >= 0.3 is 0 Å². The van der Waals surface area contributed by atoms with Gasteiger partial charge in [-0.15, -0.1) is 0 Å².